The molecule has 0 saturated carbocycles. The van der Waals surface area contributed by atoms with E-state index in [1.165, 1.54) is 0 Å². The van der Waals surface area contributed by atoms with Gasteiger partial charge in [-0.2, -0.15) is 0 Å². The van der Waals surface area contributed by atoms with E-state index in [0.29, 0.717) is 0 Å². The Balaban J connectivity index is 3.49. The van der Waals surface area contributed by atoms with Crippen LogP contribution >= 0.6 is 12.6 Å². The van der Waals surface area contributed by atoms with Crippen LogP contribution in [-0.4, -0.2) is 7.28 Å². The molecule has 0 fully saturated rings. The van der Waals surface area contributed by atoms with Crippen molar-refractivity contribution in [3.63, 3.8) is 0 Å². The molecule has 0 amide bonds. The summed E-state index contributed by atoms with van der Waals surface area (Å²) in [6, 6.07) is 0. The fraction of sp³-hybridized carbons (Fsp3) is 0.333. The predicted octanol–water partition coefficient (Wildman–Crippen LogP) is 2.16. The number of thiol groups is 1. The second-order valence-electron chi connectivity index (χ2n) is 1.66. The summed E-state index contributed by atoms with van der Waals surface area (Å²) in [5, 5.41) is 0. The van der Waals surface area contributed by atoms with Crippen LogP contribution in [0.15, 0.2) is 23.6 Å². The Morgan fingerprint density at radius 1 is 1.62 bits per heavy atom. The predicted molar refractivity (Wildman–Crippen MR) is 43.7 cm³/mol. The largest absolute Gasteiger partial charge is 0.144 e. The summed E-state index contributed by atoms with van der Waals surface area (Å²) >= 11 is 4.01. The van der Waals surface area contributed by atoms with Crippen LogP contribution in [0.3, 0.4) is 0 Å². The highest BCUT2D eigenvalue weighted by Gasteiger charge is 1.91. The standard InChI is InChI=1S/C6H10BS/c1-5(4-7-3)6(2)8/h8H,1-2,4H2,3H3. The zero-order valence-electron chi connectivity index (χ0n) is 5.15. The quantitative estimate of drug-likeness (QED) is 0.333. The van der Waals surface area contributed by atoms with Crippen LogP contribution in [0.5, 0.6) is 0 Å². The SMILES string of the molecule is C=C(S)C(=C)C[B]C. The van der Waals surface area contributed by atoms with Crippen LogP contribution in [0, 0.1) is 0 Å². The third-order valence-corrected chi connectivity index (χ3v) is 1.17. The van der Waals surface area contributed by atoms with Gasteiger partial charge in [-0.15, -0.1) is 12.6 Å². The van der Waals surface area contributed by atoms with Crippen molar-refractivity contribution in [2.75, 3.05) is 0 Å². The van der Waals surface area contributed by atoms with Gasteiger partial charge in [0.2, 0.25) is 0 Å². The Bertz CT molecular complexity index is 107. The summed E-state index contributed by atoms with van der Waals surface area (Å²) in [5.41, 5.74) is 0.996. The van der Waals surface area contributed by atoms with Gasteiger partial charge in [0, 0.05) is 0 Å². The van der Waals surface area contributed by atoms with Gasteiger partial charge in [0.15, 0.2) is 0 Å². The molecule has 1 radical (unpaired) electrons. The van der Waals surface area contributed by atoms with Gasteiger partial charge in [-0.1, -0.05) is 31.9 Å². The second-order valence-corrected chi connectivity index (χ2v) is 2.20. The Morgan fingerprint density at radius 2 is 2.12 bits per heavy atom. The van der Waals surface area contributed by atoms with Gasteiger partial charge in [-0.3, -0.25) is 0 Å². The van der Waals surface area contributed by atoms with Gasteiger partial charge in [-0.25, -0.2) is 0 Å². The molecule has 0 unspecified atom stereocenters. The molecule has 0 bridgehead atoms. The average molecular weight is 125 g/mol. The minimum Gasteiger partial charge on any atom is -0.144 e. The van der Waals surface area contributed by atoms with E-state index in [1.807, 2.05) is 14.1 Å². The molecule has 8 heavy (non-hydrogen) atoms. The molecule has 0 aromatic heterocycles. The molecule has 0 aromatic rings. The minimum atomic E-state index is 0.781. The summed E-state index contributed by atoms with van der Waals surface area (Å²) in [6.07, 6.45) is 0.891. The maximum absolute atomic E-state index is 4.01. The molecule has 0 atom stereocenters. The molecular formula is C6H10BS. The van der Waals surface area contributed by atoms with Gasteiger partial charge in [0.05, 0.1) is 0 Å². The van der Waals surface area contributed by atoms with Crippen molar-refractivity contribution < 1.29 is 0 Å². The third-order valence-electron chi connectivity index (χ3n) is 0.859. The molecule has 0 aliphatic carbocycles. The molecule has 43 valence electrons. The lowest BCUT2D eigenvalue weighted by Gasteiger charge is -1.97. The summed E-state index contributed by atoms with van der Waals surface area (Å²) in [6.45, 7) is 9.34. The molecule has 0 N–H and O–H groups in total. The van der Waals surface area contributed by atoms with E-state index in [0.717, 1.165) is 16.8 Å². The minimum absolute atomic E-state index is 0.781. The van der Waals surface area contributed by atoms with Gasteiger partial charge >= 0.3 is 0 Å². The first-order chi connectivity index (χ1) is 3.68. The van der Waals surface area contributed by atoms with E-state index in [4.69, 9.17) is 0 Å². The second kappa shape index (κ2) is 3.84. The van der Waals surface area contributed by atoms with E-state index >= 15 is 0 Å². The van der Waals surface area contributed by atoms with E-state index in [-0.39, 0.29) is 0 Å². The molecule has 2 heteroatoms. The smallest absolute Gasteiger partial charge is 0.111 e. The third kappa shape index (κ3) is 2.97. The maximum atomic E-state index is 4.01. The van der Waals surface area contributed by atoms with Crippen LogP contribution < -0.4 is 0 Å². The van der Waals surface area contributed by atoms with E-state index < -0.39 is 0 Å². The van der Waals surface area contributed by atoms with Crippen molar-refractivity contribution in [1.82, 2.24) is 0 Å². The number of hydrogen-bond donors (Lipinski definition) is 1. The molecule has 0 spiro atoms. The lowest BCUT2D eigenvalue weighted by atomic mass is 9.75. The summed E-state index contributed by atoms with van der Waals surface area (Å²) in [7, 11) is 2.03. The fourth-order valence-electron chi connectivity index (χ4n) is 0.364. The van der Waals surface area contributed by atoms with Gasteiger partial charge in [0.1, 0.15) is 7.28 Å². The topological polar surface area (TPSA) is 0 Å². The van der Waals surface area contributed by atoms with Crippen LogP contribution in [0.25, 0.3) is 0 Å². The van der Waals surface area contributed by atoms with E-state index in [1.54, 1.807) is 0 Å². The Labute approximate surface area is 57.3 Å². The molecule has 0 aliphatic heterocycles. The number of rotatable bonds is 3. The van der Waals surface area contributed by atoms with Crippen molar-refractivity contribution in [1.29, 1.82) is 0 Å². The van der Waals surface area contributed by atoms with Crippen molar-refractivity contribution in [3.8, 4) is 0 Å². The maximum Gasteiger partial charge on any atom is 0.111 e. The van der Waals surface area contributed by atoms with Crippen LogP contribution in [0.2, 0.25) is 13.1 Å². The average Bonchev–Trinajstić information content (AvgIpc) is 1.67. The van der Waals surface area contributed by atoms with Gasteiger partial charge < -0.3 is 0 Å². The van der Waals surface area contributed by atoms with Crippen LogP contribution in [-0.2, 0) is 0 Å². The number of allylic oxidation sites excluding steroid dienone is 1. The molecule has 0 nitrogen and oxygen atoms in total. The van der Waals surface area contributed by atoms with Crippen LogP contribution in [0.1, 0.15) is 0 Å². The first-order valence-electron chi connectivity index (χ1n) is 2.52. The highest BCUT2D eigenvalue weighted by molar-refractivity contribution is 7.84. The molecule has 0 aromatic carbocycles. The monoisotopic (exact) mass is 125 g/mol. The van der Waals surface area contributed by atoms with Crippen molar-refractivity contribution in [2.45, 2.75) is 13.1 Å². The molecule has 0 saturated heterocycles. The van der Waals surface area contributed by atoms with Crippen molar-refractivity contribution in [2.24, 2.45) is 0 Å². The molecular weight excluding hydrogens is 115 g/mol. The first kappa shape index (κ1) is 7.89. The number of hydrogen-bond acceptors (Lipinski definition) is 1. The summed E-state index contributed by atoms with van der Waals surface area (Å²) in [4.78, 5) is 0.781. The lowest BCUT2D eigenvalue weighted by molar-refractivity contribution is 1.51. The highest BCUT2D eigenvalue weighted by Crippen LogP contribution is 2.12. The Kier molecular flexibility index (Phi) is 3.79. The Morgan fingerprint density at radius 3 is 2.25 bits per heavy atom. The van der Waals surface area contributed by atoms with Crippen LogP contribution in [0.4, 0.5) is 0 Å². The van der Waals surface area contributed by atoms with Gasteiger partial charge in [0.25, 0.3) is 0 Å². The molecule has 0 rings (SSSR count). The zero-order chi connectivity index (χ0) is 6.57. The summed E-state index contributed by atoms with van der Waals surface area (Å²) in [5.74, 6) is 0. The van der Waals surface area contributed by atoms with Gasteiger partial charge in [-0.05, 0) is 4.91 Å². The lowest BCUT2D eigenvalue weighted by Crippen LogP contribution is -1.83. The van der Waals surface area contributed by atoms with E-state index in [2.05, 4.69) is 25.8 Å². The van der Waals surface area contributed by atoms with Crippen molar-refractivity contribution in [3.05, 3.63) is 23.6 Å². The van der Waals surface area contributed by atoms with E-state index in [9.17, 15) is 0 Å². The highest BCUT2D eigenvalue weighted by atomic mass is 32.1. The molecule has 0 heterocycles. The summed E-state index contributed by atoms with van der Waals surface area (Å²) < 4.78 is 0. The normalized spacial score (nSPS) is 8.25. The first-order valence-corrected chi connectivity index (χ1v) is 2.97. The Hall–Kier alpha value is -0.105. The fourth-order valence-corrected chi connectivity index (χ4v) is 0.455. The van der Waals surface area contributed by atoms with Crippen molar-refractivity contribution >= 4 is 19.9 Å². The molecule has 0 aliphatic rings. The zero-order valence-corrected chi connectivity index (χ0v) is 6.04.